The van der Waals surface area contributed by atoms with Crippen LogP contribution in [0, 0.1) is 0 Å². The number of rotatable bonds is 2. The van der Waals surface area contributed by atoms with Crippen molar-refractivity contribution >= 4 is 11.6 Å². The Morgan fingerprint density at radius 1 is 0.762 bits per heavy atom. The molecule has 3 rings (SSSR count). The average Bonchev–Trinajstić information content (AvgIpc) is 2.82. The highest BCUT2D eigenvalue weighted by molar-refractivity contribution is 5.94. The summed E-state index contributed by atoms with van der Waals surface area (Å²) in [6.45, 7) is 3.50. The summed E-state index contributed by atoms with van der Waals surface area (Å²) in [7, 11) is 0. The quantitative estimate of drug-likeness (QED) is 0.844. The molecule has 1 amide bonds. The monoisotopic (exact) mass is 280 g/mol. The van der Waals surface area contributed by atoms with E-state index in [1.807, 2.05) is 41.3 Å². The maximum Gasteiger partial charge on any atom is 0.253 e. The molecule has 0 N–H and O–H groups in total. The minimum absolute atomic E-state index is 0.144. The highest BCUT2D eigenvalue weighted by Gasteiger charge is 2.20. The van der Waals surface area contributed by atoms with Crippen LogP contribution in [-0.4, -0.2) is 37.0 Å². The number of amides is 1. The average molecular weight is 280 g/mol. The van der Waals surface area contributed by atoms with Gasteiger partial charge in [-0.1, -0.05) is 36.4 Å². The van der Waals surface area contributed by atoms with E-state index in [1.54, 1.807) is 0 Å². The molecule has 0 bridgehead atoms. The Hall–Kier alpha value is -2.29. The number of para-hydroxylation sites is 1. The standard InChI is InChI=1S/C18H20N2O/c21-18(16-8-3-1-4-9-16)20-13-7-12-19(14-15-20)17-10-5-2-6-11-17/h1-6,8-11H,7,12-15H2. The Balaban J connectivity index is 1.67. The van der Waals surface area contributed by atoms with Crippen LogP contribution in [0.5, 0.6) is 0 Å². The second kappa shape index (κ2) is 6.44. The van der Waals surface area contributed by atoms with E-state index in [4.69, 9.17) is 0 Å². The van der Waals surface area contributed by atoms with E-state index in [2.05, 4.69) is 29.2 Å². The molecule has 1 aliphatic heterocycles. The fourth-order valence-corrected chi connectivity index (χ4v) is 2.78. The normalized spacial score (nSPS) is 15.6. The van der Waals surface area contributed by atoms with Gasteiger partial charge in [0, 0.05) is 37.4 Å². The van der Waals surface area contributed by atoms with Gasteiger partial charge in [-0.15, -0.1) is 0 Å². The molecule has 0 radical (unpaired) electrons. The summed E-state index contributed by atoms with van der Waals surface area (Å²) in [4.78, 5) is 16.8. The second-order valence-corrected chi connectivity index (χ2v) is 5.33. The van der Waals surface area contributed by atoms with Gasteiger partial charge in [0.1, 0.15) is 0 Å². The van der Waals surface area contributed by atoms with Crippen LogP contribution in [0.25, 0.3) is 0 Å². The summed E-state index contributed by atoms with van der Waals surface area (Å²) in [6.07, 6.45) is 1.01. The van der Waals surface area contributed by atoms with Gasteiger partial charge in [0.25, 0.3) is 5.91 Å². The van der Waals surface area contributed by atoms with E-state index < -0.39 is 0 Å². The van der Waals surface area contributed by atoms with Gasteiger partial charge < -0.3 is 9.80 Å². The third-order valence-electron chi connectivity index (χ3n) is 3.93. The molecule has 0 spiro atoms. The number of hydrogen-bond donors (Lipinski definition) is 0. The first-order chi connectivity index (χ1) is 10.3. The fourth-order valence-electron chi connectivity index (χ4n) is 2.78. The number of carbonyl (C=O) groups excluding carboxylic acids is 1. The highest BCUT2D eigenvalue weighted by Crippen LogP contribution is 2.16. The lowest BCUT2D eigenvalue weighted by Crippen LogP contribution is -2.35. The predicted molar refractivity (Wildman–Crippen MR) is 85.6 cm³/mol. The van der Waals surface area contributed by atoms with E-state index in [1.165, 1.54) is 5.69 Å². The van der Waals surface area contributed by atoms with Crippen LogP contribution < -0.4 is 4.90 Å². The molecule has 1 fully saturated rings. The van der Waals surface area contributed by atoms with E-state index in [0.717, 1.165) is 38.2 Å². The lowest BCUT2D eigenvalue weighted by Gasteiger charge is -2.23. The van der Waals surface area contributed by atoms with Crippen LogP contribution in [-0.2, 0) is 0 Å². The van der Waals surface area contributed by atoms with E-state index in [-0.39, 0.29) is 5.91 Å². The zero-order valence-electron chi connectivity index (χ0n) is 12.1. The van der Waals surface area contributed by atoms with Crippen LogP contribution in [0.4, 0.5) is 5.69 Å². The third-order valence-corrected chi connectivity index (χ3v) is 3.93. The zero-order valence-corrected chi connectivity index (χ0v) is 12.1. The molecule has 2 aromatic carbocycles. The van der Waals surface area contributed by atoms with Crippen LogP contribution in [0.2, 0.25) is 0 Å². The predicted octanol–water partition coefficient (Wildman–Crippen LogP) is 3.04. The summed E-state index contributed by atoms with van der Waals surface area (Å²) in [5.41, 5.74) is 2.03. The van der Waals surface area contributed by atoms with Crippen molar-refractivity contribution in [2.75, 3.05) is 31.1 Å². The minimum atomic E-state index is 0.144. The molecule has 2 aromatic rings. The first kappa shape index (κ1) is 13.7. The van der Waals surface area contributed by atoms with Crippen molar-refractivity contribution in [1.82, 2.24) is 4.90 Å². The SMILES string of the molecule is O=C(c1ccccc1)N1CCCN(c2ccccc2)CC1. The van der Waals surface area contributed by atoms with Crippen molar-refractivity contribution in [3.05, 3.63) is 66.2 Å². The van der Waals surface area contributed by atoms with Gasteiger partial charge in [-0.05, 0) is 30.7 Å². The molecule has 1 aliphatic rings. The maximum atomic E-state index is 12.5. The van der Waals surface area contributed by atoms with Crippen LogP contribution >= 0.6 is 0 Å². The number of nitrogens with zero attached hydrogens (tertiary/aromatic N) is 2. The topological polar surface area (TPSA) is 23.6 Å². The Morgan fingerprint density at radius 2 is 1.43 bits per heavy atom. The highest BCUT2D eigenvalue weighted by atomic mass is 16.2. The smallest absolute Gasteiger partial charge is 0.253 e. The van der Waals surface area contributed by atoms with Gasteiger partial charge in [-0.2, -0.15) is 0 Å². The first-order valence-corrected chi connectivity index (χ1v) is 7.49. The number of carbonyl (C=O) groups is 1. The van der Waals surface area contributed by atoms with E-state index in [9.17, 15) is 4.79 Å². The molecular weight excluding hydrogens is 260 g/mol. The molecule has 0 unspecified atom stereocenters. The number of benzene rings is 2. The molecule has 0 atom stereocenters. The van der Waals surface area contributed by atoms with E-state index in [0.29, 0.717) is 0 Å². The van der Waals surface area contributed by atoms with Crippen LogP contribution in [0.3, 0.4) is 0 Å². The summed E-state index contributed by atoms with van der Waals surface area (Å²) in [5.74, 6) is 0.144. The molecule has 0 aliphatic carbocycles. The summed E-state index contributed by atoms with van der Waals surface area (Å²) < 4.78 is 0. The van der Waals surface area contributed by atoms with Crippen molar-refractivity contribution in [3.8, 4) is 0 Å². The molecule has 21 heavy (non-hydrogen) atoms. The summed E-state index contributed by atoms with van der Waals surface area (Å²) in [6, 6.07) is 20.0. The Labute approximate surface area is 125 Å². The van der Waals surface area contributed by atoms with Gasteiger partial charge in [-0.3, -0.25) is 4.79 Å². The number of anilines is 1. The lowest BCUT2D eigenvalue weighted by molar-refractivity contribution is 0.0767. The van der Waals surface area contributed by atoms with Crippen molar-refractivity contribution in [3.63, 3.8) is 0 Å². The second-order valence-electron chi connectivity index (χ2n) is 5.33. The van der Waals surface area contributed by atoms with Gasteiger partial charge in [0.15, 0.2) is 0 Å². The summed E-state index contributed by atoms with van der Waals surface area (Å²) in [5, 5.41) is 0. The van der Waals surface area contributed by atoms with E-state index >= 15 is 0 Å². The van der Waals surface area contributed by atoms with Crippen LogP contribution in [0.15, 0.2) is 60.7 Å². The molecule has 1 saturated heterocycles. The molecule has 0 aromatic heterocycles. The largest absolute Gasteiger partial charge is 0.370 e. The van der Waals surface area contributed by atoms with Crippen LogP contribution in [0.1, 0.15) is 16.8 Å². The molecular formula is C18H20N2O. The zero-order chi connectivity index (χ0) is 14.5. The minimum Gasteiger partial charge on any atom is -0.370 e. The number of hydrogen-bond acceptors (Lipinski definition) is 2. The Morgan fingerprint density at radius 3 is 2.14 bits per heavy atom. The fraction of sp³-hybridized carbons (Fsp3) is 0.278. The Bertz CT molecular complexity index is 583. The van der Waals surface area contributed by atoms with Crippen molar-refractivity contribution in [2.45, 2.75) is 6.42 Å². The van der Waals surface area contributed by atoms with Crippen molar-refractivity contribution < 1.29 is 4.79 Å². The van der Waals surface area contributed by atoms with Gasteiger partial charge in [0.05, 0.1) is 0 Å². The molecule has 108 valence electrons. The summed E-state index contributed by atoms with van der Waals surface area (Å²) >= 11 is 0. The van der Waals surface area contributed by atoms with Crippen molar-refractivity contribution in [1.29, 1.82) is 0 Å². The molecule has 0 saturated carbocycles. The molecule has 3 heteroatoms. The van der Waals surface area contributed by atoms with Gasteiger partial charge in [0.2, 0.25) is 0 Å². The molecule has 1 heterocycles. The molecule has 3 nitrogen and oxygen atoms in total. The van der Waals surface area contributed by atoms with Gasteiger partial charge in [-0.25, -0.2) is 0 Å². The Kier molecular flexibility index (Phi) is 4.20. The lowest BCUT2D eigenvalue weighted by atomic mass is 10.2. The van der Waals surface area contributed by atoms with Crippen molar-refractivity contribution in [2.24, 2.45) is 0 Å². The third kappa shape index (κ3) is 3.24. The maximum absolute atomic E-state index is 12.5. The van der Waals surface area contributed by atoms with Gasteiger partial charge >= 0.3 is 0 Å². The first-order valence-electron chi connectivity index (χ1n) is 7.49.